The van der Waals surface area contributed by atoms with Gasteiger partial charge in [0.05, 0.1) is 33.4 Å². The average molecular weight is 484 g/mol. The molecule has 167 valence electrons. The van der Waals surface area contributed by atoms with Crippen LogP contribution in [0.15, 0.2) is 30.3 Å². The first kappa shape index (κ1) is 24.0. The number of anilines is 1. The van der Waals surface area contributed by atoms with Gasteiger partial charge in [-0.05, 0) is 75.0 Å². The molecule has 1 saturated heterocycles. The number of nitrogens with zero attached hydrogens (tertiary/aromatic N) is 1. The second-order valence-electron chi connectivity index (χ2n) is 7.74. The van der Waals surface area contributed by atoms with Crippen LogP contribution in [0.5, 0.6) is 5.75 Å². The molecular formula is C23H27Cl3N3O2. The van der Waals surface area contributed by atoms with Crippen molar-refractivity contribution < 1.29 is 9.53 Å². The number of nitrogens with one attached hydrogen (secondary N) is 1. The van der Waals surface area contributed by atoms with Crippen LogP contribution in [-0.4, -0.2) is 44.1 Å². The van der Waals surface area contributed by atoms with Crippen LogP contribution in [0.1, 0.15) is 35.2 Å². The summed E-state index contributed by atoms with van der Waals surface area (Å²) in [6.45, 7) is 3.67. The standard InChI is InChI=1S/C23H27Cl3N3O2/c1-31-22-13-20(26)21(27)12-17(22)23(30)28-14-16-6-9-29(10-7-16)8-2-3-15-4-5-18(24)19(25)11-15/h3-5,11-13,16H,2,6-10,14,27H2,1H3,(H,28,30). The SMILES string of the molecule is COc1cc(Cl)c(N)cc1C(=O)NCC1CCN(CC[CH]c2ccc(Cl)c(Cl)c2)CC1. The minimum Gasteiger partial charge on any atom is -0.496 e. The molecule has 2 aromatic rings. The number of nitrogens with two attached hydrogens (primary N) is 1. The van der Waals surface area contributed by atoms with E-state index in [-0.39, 0.29) is 5.91 Å². The Labute approximate surface area is 198 Å². The third-order valence-corrected chi connectivity index (χ3v) is 6.66. The first-order valence-corrected chi connectivity index (χ1v) is 11.4. The van der Waals surface area contributed by atoms with E-state index >= 15 is 0 Å². The van der Waals surface area contributed by atoms with Crippen molar-refractivity contribution >= 4 is 46.4 Å². The zero-order valence-corrected chi connectivity index (χ0v) is 19.7. The number of carbonyl (C=O) groups excluding carboxylic acids is 1. The molecule has 1 aliphatic heterocycles. The quantitative estimate of drug-likeness (QED) is 0.499. The summed E-state index contributed by atoms with van der Waals surface area (Å²) in [5.41, 5.74) is 7.69. The number of benzene rings is 2. The summed E-state index contributed by atoms with van der Waals surface area (Å²) in [4.78, 5) is 15.0. The fraction of sp³-hybridized carbons (Fsp3) is 0.391. The Morgan fingerprint density at radius 3 is 2.58 bits per heavy atom. The Balaban J connectivity index is 1.39. The summed E-state index contributed by atoms with van der Waals surface area (Å²) in [5.74, 6) is 0.679. The lowest BCUT2D eigenvalue weighted by atomic mass is 9.96. The van der Waals surface area contributed by atoms with Crippen molar-refractivity contribution in [1.29, 1.82) is 0 Å². The predicted octanol–water partition coefficient (Wildman–Crippen LogP) is 5.32. The van der Waals surface area contributed by atoms with Gasteiger partial charge in [-0.1, -0.05) is 40.9 Å². The van der Waals surface area contributed by atoms with Gasteiger partial charge in [-0.15, -0.1) is 0 Å². The van der Waals surface area contributed by atoms with E-state index in [4.69, 9.17) is 45.3 Å². The Hall–Kier alpha value is -1.66. The highest BCUT2D eigenvalue weighted by atomic mass is 35.5. The summed E-state index contributed by atoms with van der Waals surface area (Å²) >= 11 is 18.0. The number of halogens is 3. The first-order chi connectivity index (χ1) is 14.9. The molecule has 1 radical (unpaired) electrons. The van der Waals surface area contributed by atoms with Crippen molar-refractivity contribution in [3.05, 3.63) is 62.9 Å². The van der Waals surface area contributed by atoms with Gasteiger partial charge >= 0.3 is 0 Å². The van der Waals surface area contributed by atoms with Gasteiger partial charge in [0, 0.05) is 12.6 Å². The van der Waals surface area contributed by atoms with Crippen LogP contribution in [0.25, 0.3) is 0 Å². The van der Waals surface area contributed by atoms with Crippen LogP contribution in [0, 0.1) is 12.3 Å². The van der Waals surface area contributed by atoms with Crippen molar-refractivity contribution in [3.63, 3.8) is 0 Å². The van der Waals surface area contributed by atoms with Crippen LogP contribution >= 0.6 is 34.8 Å². The van der Waals surface area contributed by atoms with Crippen molar-refractivity contribution in [3.8, 4) is 5.75 Å². The van der Waals surface area contributed by atoms with Crippen LogP contribution < -0.4 is 15.8 Å². The topological polar surface area (TPSA) is 67.6 Å². The number of methoxy groups -OCH3 is 1. The van der Waals surface area contributed by atoms with Crippen molar-refractivity contribution in [2.45, 2.75) is 19.3 Å². The fourth-order valence-electron chi connectivity index (χ4n) is 3.72. The van der Waals surface area contributed by atoms with Gasteiger partial charge in [0.25, 0.3) is 5.91 Å². The van der Waals surface area contributed by atoms with Gasteiger partial charge in [-0.25, -0.2) is 0 Å². The average Bonchev–Trinajstić information content (AvgIpc) is 2.77. The third kappa shape index (κ3) is 6.66. The maximum absolute atomic E-state index is 12.6. The molecule has 0 spiro atoms. The molecule has 0 atom stereocenters. The molecule has 0 bridgehead atoms. The number of ether oxygens (including phenoxy) is 1. The van der Waals surface area contributed by atoms with Crippen LogP contribution in [0.2, 0.25) is 15.1 Å². The van der Waals surface area contributed by atoms with E-state index in [0.29, 0.717) is 44.5 Å². The van der Waals surface area contributed by atoms with Crippen molar-refractivity contribution in [2.75, 3.05) is 39.0 Å². The molecule has 31 heavy (non-hydrogen) atoms. The lowest BCUT2D eigenvalue weighted by molar-refractivity contribution is 0.0933. The van der Waals surface area contributed by atoms with Crippen molar-refractivity contribution in [2.24, 2.45) is 5.92 Å². The van der Waals surface area contributed by atoms with Crippen LogP contribution in [0.4, 0.5) is 5.69 Å². The summed E-state index contributed by atoms with van der Waals surface area (Å²) < 4.78 is 5.27. The summed E-state index contributed by atoms with van der Waals surface area (Å²) in [6, 6.07) is 8.82. The largest absolute Gasteiger partial charge is 0.496 e. The molecule has 1 amide bonds. The minimum absolute atomic E-state index is 0.195. The second kappa shape index (κ2) is 11.3. The van der Waals surface area contributed by atoms with Gasteiger partial charge in [-0.3, -0.25) is 4.79 Å². The highest BCUT2D eigenvalue weighted by molar-refractivity contribution is 6.42. The molecule has 0 unspecified atom stereocenters. The van der Waals surface area contributed by atoms with E-state index in [1.807, 2.05) is 18.2 Å². The van der Waals surface area contributed by atoms with Crippen LogP contribution in [-0.2, 0) is 0 Å². The molecule has 3 rings (SSSR count). The van der Waals surface area contributed by atoms with Crippen molar-refractivity contribution in [1.82, 2.24) is 10.2 Å². The number of carbonyl (C=O) groups is 1. The van der Waals surface area contributed by atoms with Gasteiger partial charge in [-0.2, -0.15) is 0 Å². The Bertz CT molecular complexity index is 915. The number of nitrogen functional groups attached to an aromatic ring is 1. The smallest absolute Gasteiger partial charge is 0.255 e. The molecule has 3 N–H and O–H groups in total. The lowest BCUT2D eigenvalue weighted by Gasteiger charge is -2.32. The molecule has 1 heterocycles. The monoisotopic (exact) mass is 482 g/mol. The number of hydrogen-bond acceptors (Lipinski definition) is 4. The van der Waals surface area contributed by atoms with Gasteiger partial charge in [0.15, 0.2) is 0 Å². The summed E-state index contributed by atoms with van der Waals surface area (Å²) in [6.07, 6.45) is 5.23. The number of hydrogen-bond donors (Lipinski definition) is 2. The van der Waals surface area contributed by atoms with Crippen LogP contribution in [0.3, 0.4) is 0 Å². The Morgan fingerprint density at radius 2 is 1.90 bits per heavy atom. The molecule has 1 fully saturated rings. The van der Waals surface area contributed by atoms with E-state index in [0.717, 1.165) is 44.5 Å². The molecule has 0 aromatic heterocycles. The highest BCUT2D eigenvalue weighted by Gasteiger charge is 2.21. The lowest BCUT2D eigenvalue weighted by Crippen LogP contribution is -2.39. The van der Waals surface area contributed by atoms with E-state index in [1.54, 1.807) is 12.1 Å². The minimum atomic E-state index is -0.195. The predicted molar refractivity (Wildman–Crippen MR) is 128 cm³/mol. The number of likely N-dealkylation sites (tertiary alicyclic amines) is 1. The van der Waals surface area contributed by atoms with E-state index in [9.17, 15) is 4.79 Å². The molecule has 1 aliphatic rings. The third-order valence-electron chi connectivity index (χ3n) is 5.59. The van der Waals surface area contributed by atoms with Gasteiger partial charge < -0.3 is 20.7 Å². The first-order valence-electron chi connectivity index (χ1n) is 10.3. The van der Waals surface area contributed by atoms with Gasteiger partial charge in [0.2, 0.25) is 0 Å². The summed E-state index contributed by atoms with van der Waals surface area (Å²) in [7, 11) is 1.51. The highest BCUT2D eigenvalue weighted by Crippen LogP contribution is 2.29. The zero-order valence-electron chi connectivity index (χ0n) is 17.5. The van der Waals surface area contributed by atoms with E-state index in [1.165, 1.54) is 7.11 Å². The van der Waals surface area contributed by atoms with E-state index in [2.05, 4.69) is 16.6 Å². The maximum atomic E-state index is 12.6. The maximum Gasteiger partial charge on any atom is 0.255 e. The normalized spacial score (nSPS) is 15.1. The molecule has 5 nitrogen and oxygen atoms in total. The summed E-state index contributed by atoms with van der Waals surface area (Å²) in [5, 5.41) is 4.54. The molecule has 8 heteroatoms. The molecular weight excluding hydrogens is 457 g/mol. The zero-order chi connectivity index (χ0) is 22.4. The van der Waals surface area contributed by atoms with Gasteiger partial charge in [0.1, 0.15) is 5.75 Å². The molecule has 2 aromatic carbocycles. The van der Waals surface area contributed by atoms with E-state index < -0.39 is 0 Å². The number of amides is 1. The Kier molecular flexibility index (Phi) is 8.73. The molecule has 0 aliphatic carbocycles. The number of piperidine rings is 1. The molecule has 0 saturated carbocycles. The second-order valence-corrected chi connectivity index (χ2v) is 8.96. The fourth-order valence-corrected chi connectivity index (χ4v) is 4.18. The Morgan fingerprint density at radius 1 is 1.16 bits per heavy atom. The number of rotatable bonds is 8.